The van der Waals surface area contributed by atoms with Crippen molar-refractivity contribution < 1.29 is 5.11 Å². The van der Waals surface area contributed by atoms with Crippen molar-refractivity contribution in [2.75, 3.05) is 6.54 Å². The first-order valence-electron chi connectivity index (χ1n) is 8.34. The first-order valence-corrected chi connectivity index (χ1v) is 8.34. The van der Waals surface area contributed by atoms with Crippen molar-refractivity contribution in [3.8, 4) is 0 Å². The van der Waals surface area contributed by atoms with E-state index in [1.54, 1.807) is 0 Å². The smallest absolute Gasteiger partial charge is 0.0670 e. The monoisotopic (exact) mass is 319 g/mol. The summed E-state index contributed by atoms with van der Waals surface area (Å²) in [4.78, 5) is 0. The van der Waals surface area contributed by atoms with Gasteiger partial charge in [-0.05, 0) is 55.9 Å². The lowest BCUT2D eigenvalue weighted by molar-refractivity contribution is -0.141. The molecular formula is C19H26ClNO. The zero-order chi connectivity index (χ0) is 14.3. The first-order chi connectivity index (χ1) is 10.1. The molecule has 3 heteroatoms. The Labute approximate surface area is 139 Å². The van der Waals surface area contributed by atoms with Crippen molar-refractivity contribution in [2.45, 2.75) is 49.7 Å². The molecule has 1 aromatic rings. The average molecular weight is 320 g/mol. The minimum atomic E-state index is -0.361. The Morgan fingerprint density at radius 3 is 2.41 bits per heavy atom. The number of nitrogens with one attached hydrogen (secondary N) is 1. The Morgan fingerprint density at radius 1 is 1.09 bits per heavy atom. The largest absolute Gasteiger partial charge is 0.390 e. The van der Waals surface area contributed by atoms with E-state index in [4.69, 9.17) is 0 Å². The van der Waals surface area contributed by atoms with Crippen LogP contribution in [0.2, 0.25) is 0 Å². The van der Waals surface area contributed by atoms with Gasteiger partial charge in [0.2, 0.25) is 0 Å². The summed E-state index contributed by atoms with van der Waals surface area (Å²) in [7, 11) is 0. The SMILES string of the molecule is Cl.OC12CC3CC(C1)CC(NC/C=C/c1ccccc1)(C3)C2. The molecule has 2 atom stereocenters. The van der Waals surface area contributed by atoms with E-state index in [0.717, 1.165) is 37.6 Å². The first kappa shape index (κ1) is 16.0. The Morgan fingerprint density at radius 2 is 1.77 bits per heavy atom. The third-order valence-corrected chi connectivity index (χ3v) is 5.73. The van der Waals surface area contributed by atoms with Crippen molar-refractivity contribution in [3.05, 3.63) is 42.0 Å². The Balaban J connectivity index is 0.00000144. The van der Waals surface area contributed by atoms with E-state index in [1.807, 2.05) is 6.07 Å². The van der Waals surface area contributed by atoms with Crippen LogP contribution in [-0.2, 0) is 0 Å². The fourth-order valence-corrected chi connectivity index (χ4v) is 5.46. The maximum Gasteiger partial charge on any atom is 0.0670 e. The van der Waals surface area contributed by atoms with Crippen LogP contribution >= 0.6 is 12.4 Å². The van der Waals surface area contributed by atoms with Crippen LogP contribution in [0.15, 0.2) is 36.4 Å². The summed E-state index contributed by atoms with van der Waals surface area (Å²) in [5.41, 5.74) is 1.10. The van der Waals surface area contributed by atoms with Crippen LogP contribution in [0.4, 0.5) is 0 Å². The molecule has 22 heavy (non-hydrogen) atoms. The lowest BCUT2D eigenvalue weighted by atomic mass is 9.51. The van der Waals surface area contributed by atoms with E-state index >= 15 is 0 Å². The quantitative estimate of drug-likeness (QED) is 0.885. The van der Waals surface area contributed by atoms with Gasteiger partial charge in [-0.15, -0.1) is 12.4 Å². The van der Waals surface area contributed by atoms with E-state index in [9.17, 15) is 5.11 Å². The molecule has 0 saturated heterocycles. The van der Waals surface area contributed by atoms with Gasteiger partial charge in [-0.3, -0.25) is 0 Å². The molecule has 4 aliphatic carbocycles. The van der Waals surface area contributed by atoms with Gasteiger partial charge in [-0.2, -0.15) is 0 Å². The predicted octanol–water partition coefficient (Wildman–Crippen LogP) is 3.79. The highest BCUT2D eigenvalue weighted by Gasteiger charge is 2.56. The summed E-state index contributed by atoms with van der Waals surface area (Å²) >= 11 is 0. The molecule has 0 spiro atoms. The molecule has 2 N–H and O–H groups in total. The molecule has 4 saturated carbocycles. The maximum atomic E-state index is 10.7. The molecule has 0 radical (unpaired) electrons. The van der Waals surface area contributed by atoms with Gasteiger partial charge in [0.25, 0.3) is 0 Å². The molecule has 0 aromatic heterocycles. The van der Waals surface area contributed by atoms with E-state index in [0.29, 0.717) is 0 Å². The maximum absolute atomic E-state index is 10.7. The number of hydrogen-bond donors (Lipinski definition) is 2. The van der Waals surface area contributed by atoms with Gasteiger partial charge in [0, 0.05) is 12.1 Å². The highest BCUT2D eigenvalue weighted by Crippen LogP contribution is 2.57. The predicted molar refractivity (Wildman–Crippen MR) is 93.1 cm³/mol. The number of halogens is 1. The molecule has 0 heterocycles. The van der Waals surface area contributed by atoms with Crippen LogP contribution in [0.3, 0.4) is 0 Å². The van der Waals surface area contributed by atoms with Crippen molar-refractivity contribution in [3.63, 3.8) is 0 Å². The lowest BCUT2D eigenvalue weighted by Gasteiger charge is -2.60. The van der Waals surface area contributed by atoms with Gasteiger partial charge in [-0.1, -0.05) is 42.5 Å². The number of aliphatic hydroxyl groups is 1. The molecule has 2 nitrogen and oxygen atoms in total. The van der Waals surface area contributed by atoms with Crippen LogP contribution in [0, 0.1) is 11.8 Å². The second kappa shape index (κ2) is 5.99. The van der Waals surface area contributed by atoms with Crippen molar-refractivity contribution in [2.24, 2.45) is 11.8 Å². The van der Waals surface area contributed by atoms with Gasteiger partial charge in [0.05, 0.1) is 5.60 Å². The van der Waals surface area contributed by atoms with Crippen LogP contribution in [0.25, 0.3) is 6.08 Å². The van der Waals surface area contributed by atoms with Crippen molar-refractivity contribution in [1.82, 2.24) is 5.32 Å². The summed E-state index contributed by atoms with van der Waals surface area (Å²) in [5.74, 6) is 1.50. The second-order valence-corrected chi connectivity index (χ2v) is 7.66. The van der Waals surface area contributed by atoms with Crippen LogP contribution < -0.4 is 5.32 Å². The summed E-state index contributed by atoms with van der Waals surface area (Å²) in [6.07, 6.45) is 11.4. The van der Waals surface area contributed by atoms with E-state index < -0.39 is 0 Å². The molecule has 5 rings (SSSR count). The molecule has 120 valence electrons. The lowest BCUT2D eigenvalue weighted by Crippen LogP contribution is -2.64. The minimum Gasteiger partial charge on any atom is -0.390 e. The minimum absolute atomic E-state index is 0. The van der Waals surface area contributed by atoms with Crippen LogP contribution in [-0.4, -0.2) is 22.8 Å². The summed E-state index contributed by atoms with van der Waals surface area (Å²) < 4.78 is 0. The number of rotatable bonds is 4. The summed E-state index contributed by atoms with van der Waals surface area (Å²) in [6, 6.07) is 10.4. The molecule has 0 amide bonds. The third-order valence-electron chi connectivity index (χ3n) is 5.73. The fraction of sp³-hybridized carbons (Fsp3) is 0.579. The van der Waals surface area contributed by atoms with Gasteiger partial charge in [0.15, 0.2) is 0 Å². The highest BCUT2D eigenvalue weighted by atomic mass is 35.5. The van der Waals surface area contributed by atoms with Crippen molar-refractivity contribution >= 4 is 18.5 Å². The van der Waals surface area contributed by atoms with E-state index in [1.165, 1.54) is 24.8 Å². The van der Waals surface area contributed by atoms with E-state index in [2.05, 4.69) is 41.7 Å². The number of hydrogen-bond acceptors (Lipinski definition) is 2. The van der Waals surface area contributed by atoms with E-state index in [-0.39, 0.29) is 23.5 Å². The molecule has 2 unspecified atom stereocenters. The Hall–Kier alpha value is -0.830. The Bertz CT molecular complexity index is 528. The number of benzene rings is 1. The summed E-state index contributed by atoms with van der Waals surface area (Å²) in [6.45, 7) is 0.907. The second-order valence-electron chi connectivity index (χ2n) is 7.66. The molecule has 4 bridgehead atoms. The zero-order valence-electron chi connectivity index (χ0n) is 13.0. The molecule has 0 aliphatic heterocycles. The normalized spacial score (nSPS) is 39.1. The summed E-state index contributed by atoms with van der Waals surface area (Å²) in [5, 5.41) is 14.5. The average Bonchev–Trinajstić information content (AvgIpc) is 2.42. The van der Waals surface area contributed by atoms with Crippen molar-refractivity contribution in [1.29, 1.82) is 0 Å². The highest BCUT2D eigenvalue weighted by molar-refractivity contribution is 5.85. The zero-order valence-corrected chi connectivity index (χ0v) is 13.8. The third kappa shape index (κ3) is 3.10. The molecule has 4 fully saturated rings. The fourth-order valence-electron chi connectivity index (χ4n) is 5.46. The topological polar surface area (TPSA) is 32.3 Å². The van der Waals surface area contributed by atoms with Gasteiger partial charge in [0.1, 0.15) is 0 Å². The van der Waals surface area contributed by atoms with Gasteiger partial charge in [-0.25, -0.2) is 0 Å². The Kier molecular flexibility index (Phi) is 4.37. The van der Waals surface area contributed by atoms with Crippen LogP contribution in [0.1, 0.15) is 44.1 Å². The molecule has 4 aliphatic rings. The molecule has 1 aromatic carbocycles. The van der Waals surface area contributed by atoms with Gasteiger partial charge < -0.3 is 10.4 Å². The van der Waals surface area contributed by atoms with Crippen LogP contribution in [0.5, 0.6) is 0 Å². The standard InChI is InChI=1S/C19H25NO.ClH/c21-19-12-16-9-17(13-19)11-18(10-16,14-19)20-8-4-7-15-5-2-1-3-6-15;/h1-7,16-17,20-21H,8-14H2;1H/b7-4+;. The molecular weight excluding hydrogens is 294 g/mol. The van der Waals surface area contributed by atoms with Gasteiger partial charge >= 0.3 is 0 Å².